The van der Waals surface area contributed by atoms with Crippen LogP contribution in [0.2, 0.25) is 0 Å². The van der Waals surface area contributed by atoms with E-state index in [1.807, 2.05) is 0 Å². The summed E-state index contributed by atoms with van der Waals surface area (Å²) in [4.78, 5) is 0. The van der Waals surface area contributed by atoms with E-state index >= 15 is 0 Å². The summed E-state index contributed by atoms with van der Waals surface area (Å²) in [6, 6.07) is 7.12. The van der Waals surface area contributed by atoms with Crippen LogP contribution in [0.15, 0.2) is 18.2 Å². The molecule has 0 amide bonds. The fraction of sp³-hybridized carbons (Fsp3) is 0.538. The average Bonchev–Trinajstić information content (AvgIpc) is 2.94. The van der Waals surface area contributed by atoms with Crippen molar-refractivity contribution in [2.75, 3.05) is 0 Å². The summed E-state index contributed by atoms with van der Waals surface area (Å²) in [5, 5.41) is 0. The molecule has 0 aromatic heterocycles. The van der Waals surface area contributed by atoms with Crippen LogP contribution in [0, 0.1) is 12.8 Å². The maximum Gasteiger partial charge on any atom is 0.0303 e. The fourth-order valence-electron chi connectivity index (χ4n) is 2.83. The van der Waals surface area contributed by atoms with Crippen molar-refractivity contribution >= 4 is 0 Å². The third-order valence-electron chi connectivity index (χ3n) is 3.74. The van der Waals surface area contributed by atoms with Gasteiger partial charge in [-0.25, -0.2) is 0 Å². The quantitative estimate of drug-likeness (QED) is 0.718. The molecule has 74 valence electrons. The third kappa shape index (κ3) is 1.19. The molecule has 2 aliphatic rings. The molecule has 3 rings (SSSR count). The lowest BCUT2D eigenvalue weighted by Gasteiger charge is -2.09. The van der Waals surface area contributed by atoms with Gasteiger partial charge >= 0.3 is 0 Å². The number of benzene rings is 1. The molecule has 1 nitrogen and oxygen atoms in total. The van der Waals surface area contributed by atoms with Gasteiger partial charge in [0.15, 0.2) is 0 Å². The molecule has 2 N–H and O–H groups in total. The predicted octanol–water partition coefficient (Wildman–Crippen LogP) is 2.89. The molecule has 0 saturated heterocycles. The van der Waals surface area contributed by atoms with Gasteiger partial charge in [-0.15, -0.1) is 0 Å². The number of hydrogen-bond acceptors (Lipinski definition) is 1. The van der Waals surface area contributed by atoms with E-state index in [0.29, 0.717) is 6.04 Å². The summed E-state index contributed by atoms with van der Waals surface area (Å²) in [6.45, 7) is 2.15. The monoisotopic (exact) mass is 187 g/mol. The van der Waals surface area contributed by atoms with Gasteiger partial charge in [0, 0.05) is 6.04 Å². The zero-order valence-electron chi connectivity index (χ0n) is 8.66. The average molecular weight is 187 g/mol. The molecule has 0 aliphatic heterocycles. The molecule has 0 spiro atoms. The summed E-state index contributed by atoms with van der Waals surface area (Å²) in [6.07, 6.45) is 4.03. The van der Waals surface area contributed by atoms with Crippen molar-refractivity contribution in [2.24, 2.45) is 11.7 Å². The zero-order valence-corrected chi connectivity index (χ0v) is 8.66. The van der Waals surface area contributed by atoms with Gasteiger partial charge in [0.2, 0.25) is 0 Å². The van der Waals surface area contributed by atoms with Crippen molar-refractivity contribution in [1.82, 2.24) is 0 Å². The number of nitrogens with two attached hydrogens (primary N) is 1. The van der Waals surface area contributed by atoms with Crippen LogP contribution in [-0.4, -0.2) is 0 Å². The minimum atomic E-state index is 0.301. The SMILES string of the molecule is Cc1ccc2c(c1)C(N)CC2C1CC1. The van der Waals surface area contributed by atoms with Gasteiger partial charge in [-0.2, -0.15) is 0 Å². The molecular weight excluding hydrogens is 170 g/mol. The Hall–Kier alpha value is -0.820. The Morgan fingerprint density at radius 3 is 2.71 bits per heavy atom. The van der Waals surface area contributed by atoms with E-state index in [0.717, 1.165) is 11.8 Å². The van der Waals surface area contributed by atoms with E-state index in [1.54, 1.807) is 5.56 Å². The van der Waals surface area contributed by atoms with Crippen molar-refractivity contribution in [1.29, 1.82) is 0 Å². The maximum absolute atomic E-state index is 6.17. The minimum Gasteiger partial charge on any atom is -0.324 e. The van der Waals surface area contributed by atoms with Gasteiger partial charge in [-0.1, -0.05) is 23.8 Å². The molecule has 2 unspecified atom stereocenters. The first-order valence-electron chi connectivity index (χ1n) is 5.62. The zero-order chi connectivity index (χ0) is 9.71. The van der Waals surface area contributed by atoms with E-state index in [2.05, 4.69) is 25.1 Å². The smallest absolute Gasteiger partial charge is 0.0303 e. The highest BCUT2D eigenvalue weighted by molar-refractivity contribution is 5.41. The molecule has 1 aromatic rings. The largest absolute Gasteiger partial charge is 0.324 e. The topological polar surface area (TPSA) is 26.0 Å². The fourth-order valence-corrected chi connectivity index (χ4v) is 2.83. The van der Waals surface area contributed by atoms with Gasteiger partial charge in [-0.3, -0.25) is 0 Å². The van der Waals surface area contributed by atoms with Crippen LogP contribution in [0.4, 0.5) is 0 Å². The lowest BCUT2D eigenvalue weighted by Crippen LogP contribution is -2.06. The van der Waals surface area contributed by atoms with Gasteiger partial charge in [0.05, 0.1) is 0 Å². The molecule has 2 aliphatic carbocycles. The Kier molecular flexibility index (Phi) is 1.72. The molecule has 0 bridgehead atoms. The van der Waals surface area contributed by atoms with E-state index in [9.17, 15) is 0 Å². The van der Waals surface area contributed by atoms with Gasteiger partial charge < -0.3 is 5.73 Å². The maximum atomic E-state index is 6.17. The van der Waals surface area contributed by atoms with Crippen LogP contribution in [0.25, 0.3) is 0 Å². The Morgan fingerprint density at radius 2 is 2.00 bits per heavy atom. The standard InChI is InChI=1S/C13H17N/c1-8-2-5-10-11(9-3-4-9)7-13(14)12(10)6-8/h2,5-6,9,11,13H,3-4,7,14H2,1H3. The molecular formula is C13H17N. The summed E-state index contributed by atoms with van der Waals surface area (Å²) in [5.41, 5.74) is 10.5. The van der Waals surface area contributed by atoms with Crippen molar-refractivity contribution in [3.8, 4) is 0 Å². The van der Waals surface area contributed by atoms with E-state index in [4.69, 9.17) is 5.73 Å². The van der Waals surface area contributed by atoms with Gasteiger partial charge in [0.1, 0.15) is 0 Å². The van der Waals surface area contributed by atoms with Crippen molar-refractivity contribution in [3.05, 3.63) is 34.9 Å². The van der Waals surface area contributed by atoms with Crippen molar-refractivity contribution in [2.45, 2.75) is 38.1 Å². The summed E-state index contributed by atoms with van der Waals surface area (Å²) in [5.74, 6) is 1.73. The summed E-state index contributed by atoms with van der Waals surface area (Å²) < 4.78 is 0. The van der Waals surface area contributed by atoms with Gasteiger partial charge in [0.25, 0.3) is 0 Å². The lowest BCUT2D eigenvalue weighted by molar-refractivity contribution is 0.550. The number of fused-ring (bicyclic) bond motifs is 1. The van der Waals surface area contributed by atoms with E-state index < -0.39 is 0 Å². The Bertz CT molecular complexity index is 365. The first-order chi connectivity index (χ1) is 6.75. The Morgan fingerprint density at radius 1 is 1.21 bits per heavy atom. The molecule has 1 aromatic carbocycles. The number of rotatable bonds is 1. The van der Waals surface area contributed by atoms with Crippen LogP contribution in [0.3, 0.4) is 0 Å². The molecule has 14 heavy (non-hydrogen) atoms. The van der Waals surface area contributed by atoms with Crippen LogP contribution in [0.5, 0.6) is 0 Å². The van der Waals surface area contributed by atoms with Crippen LogP contribution < -0.4 is 5.73 Å². The Labute approximate surface area is 85.3 Å². The lowest BCUT2D eigenvalue weighted by atomic mass is 9.96. The van der Waals surface area contributed by atoms with Crippen molar-refractivity contribution < 1.29 is 0 Å². The molecule has 0 radical (unpaired) electrons. The predicted molar refractivity (Wildman–Crippen MR) is 58.2 cm³/mol. The third-order valence-corrected chi connectivity index (χ3v) is 3.74. The Balaban J connectivity index is 2.04. The second kappa shape index (κ2) is 2.83. The summed E-state index contributed by atoms with van der Waals surface area (Å²) in [7, 11) is 0. The van der Waals surface area contributed by atoms with Crippen LogP contribution in [0.1, 0.15) is 47.9 Å². The van der Waals surface area contributed by atoms with Gasteiger partial charge in [-0.05, 0) is 49.1 Å². The van der Waals surface area contributed by atoms with Crippen molar-refractivity contribution in [3.63, 3.8) is 0 Å². The molecule has 1 fully saturated rings. The number of hydrogen-bond donors (Lipinski definition) is 1. The van der Waals surface area contributed by atoms with E-state index in [1.165, 1.54) is 30.4 Å². The second-order valence-corrected chi connectivity index (χ2v) is 4.92. The highest BCUT2D eigenvalue weighted by Crippen LogP contribution is 2.51. The highest BCUT2D eigenvalue weighted by Gasteiger charge is 2.39. The van der Waals surface area contributed by atoms with Crippen LogP contribution >= 0.6 is 0 Å². The number of aryl methyl sites for hydroxylation is 1. The molecule has 0 heterocycles. The minimum absolute atomic E-state index is 0.301. The van der Waals surface area contributed by atoms with Crippen LogP contribution in [-0.2, 0) is 0 Å². The normalized spacial score (nSPS) is 30.4. The highest BCUT2D eigenvalue weighted by atomic mass is 14.7. The molecule has 2 atom stereocenters. The molecule has 1 heteroatoms. The first-order valence-corrected chi connectivity index (χ1v) is 5.62. The second-order valence-electron chi connectivity index (χ2n) is 4.92. The summed E-state index contributed by atoms with van der Waals surface area (Å²) >= 11 is 0. The first kappa shape index (κ1) is 8.49. The van der Waals surface area contributed by atoms with E-state index in [-0.39, 0.29) is 0 Å². The molecule has 1 saturated carbocycles.